The maximum absolute atomic E-state index is 12.6. The molecule has 0 aromatic heterocycles. The average molecular weight is 331 g/mol. The van der Waals surface area contributed by atoms with Crippen LogP contribution in [0.3, 0.4) is 0 Å². The van der Waals surface area contributed by atoms with Crippen molar-refractivity contribution >= 4 is 33.4 Å². The van der Waals surface area contributed by atoms with Crippen molar-refractivity contribution in [2.75, 3.05) is 12.4 Å². The molecule has 1 aliphatic rings. The molecule has 2 rings (SSSR count). The van der Waals surface area contributed by atoms with Crippen LogP contribution >= 0.6 is 27.5 Å². The maximum Gasteiger partial charge on any atom is 0.254 e. The number of piperidine rings is 1. The third-order valence-corrected chi connectivity index (χ3v) is 4.35. The van der Waals surface area contributed by atoms with Crippen LogP contribution in [-0.2, 0) is 0 Å². The van der Waals surface area contributed by atoms with Crippen molar-refractivity contribution in [1.29, 1.82) is 0 Å². The molecule has 4 heteroatoms. The number of carbonyl (C=O) groups is 1. The number of amides is 1. The highest BCUT2D eigenvalue weighted by Gasteiger charge is 2.27. The quantitative estimate of drug-likeness (QED) is 0.751. The van der Waals surface area contributed by atoms with E-state index < -0.39 is 0 Å². The van der Waals surface area contributed by atoms with Crippen LogP contribution < -0.4 is 0 Å². The molecule has 2 nitrogen and oxygen atoms in total. The number of hydrogen-bond donors (Lipinski definition) is 0. The summed E-state index contributed by atoms with van der Waals surface area (Å²) in [5, 5.41) is 0. The number of nitrogens with zero attached hydrogens (tertiary/aromatic N) is 1. The molecule has 1 aromatic carbocycles. The van der Waals surface area contributed by atoms with Crippen LogP contribution in [0.25, 0.3) is 0 Å². The van der Waals surface area contributed by atoms with Crippen LogP contribution in [-0.4, -0.2) is 29.3 Å². The molecule has 0 saturated carbocycles. The summed E-state index contributed by atoms with van der Waals surface area (Å²) in [6, 6.07) is 6.02. The zero-order chi connectivity index (χ0) is 13.1. The fourth-order valence-corrected chi connectivity index (χ4v) is 3.09. The Hall–Kier alpha value is -0.540. The van der Waals surface area contributed by atoms with Crippen LogP contribution in [0.1, 0.15) is 35.2 Å². The number of rotatable bonds is 2. The Bertz CT molecular complexity index is 449. The van der Waals surface area contributed by atoms with Gasteiger partial charge in [0.1, 0.15) is 0 Å². The number of aryl methyl sites for hydroxylation is 1. The van der Waals surface area contributed by atoms with Crippen LogP contribution in [0.15, 0.2) is 22.7 Å². The number of carbonyl (C=O) groups excluding carboxylic acids is 1. The summed E-state index contributed by atoms with van der Waals surface area (Å²) in [5.41, 5.74) is 1.79. The molecule has 0 N–H and O–H groups in total. The Morgan fingerprint density at radius 1 is 1.50 bits per heavy atom. The van der Waals surface area contributed by atoms with E-state index in [0.29, 0.717) is 5.88 Å². The smallest absolute Gasteiger partial charge is 0.254 e. The van der Waals surface area contributed by atoms with Crippen molar-refractivity contribution in [3.8, 4) is 0 Å². The van der Waals surface area contributed by atoms with Gasteiger partial charge in [-0.3, -0.25) is 4.79 Å². The van der Waals surface area contributed by atoms with Gasteiger partial charge in [-0.1, -0.05) is 22.0 Å². The Balaban J connectivity index is 2.26. The molecule has 0 spiro atoms. The lowest BCUT2D eigenvalue weighted by Gasteiger charge is -2.35. The highest BCUT2D eigenvalue weighted by atomic mass is 79.9. The molecule has 18 heavy (non-hydrogen) atoms. The Kier molecular flexibility index (Phi) is 4.68. The second kappa shape index (κ2) is 6.07. The van der Waals surface area contributed by atoms with E-state index in [1.807, 2.05) is 30.0 Å². The minimum Gasteiger partial charge on any atom is -0.334 e. The molecule has 1 amide bonds. The van der Waals surface area contributed by atoms with E-state index in [1.165, 1.54) is 6.42 Å². The molecule has 1 aromatic rings. The first kappa shape index (κ1) is 13.9. The molecular formula is C14H17BrClNO. The molecule has 1 atom stereocenters. The summed E-state index contributed by atoms with van der Waals surface area (Å²) in [5.74, 6) is 0.637. The van der Waals surface area contributed by atoms with Gasteiger partial charge in [0, 0.05) is 28.5 Å². The molecule has 1 unspecified atom stereocenters. The van der Waals surface area contributed by atoms with E-state index in [4.69, 9.17) is 11.6 Å². The number of likely N-dealkylation sites (tertiary alicyclic amines) is 1. The standard InChI is InChI=1S/C14H17BrClNO/c1-10-5-6-11(15)8-13(10)14(18)17-7-3-2-4-12(17)9-16/h5-6,8,12H,2-4,7,9H2,1H3. The van der Waals surface area contributed by atoms with Gasteiger partial charge in [-0.15, -0.1) is 11.6 Å². The lowest BCUT2D eigenvalue weighted by atomic mass is 10.0. The second-order valence-electron chi connectivity index (χ2n) is 4.76. The zero-order valence-electron chi connectivity index (χ0n) is 10.5. The van der Waals surface area contributed by atoms with Gasteiger partial charge in [-0.25, -0.2) is 0 Å². The average Bonchev–Trinajstić information content (AvgIpc) is 2.40. The van der Waals surface area contributed by atoms with Crippen molar-refractivity contribution in [2.45, 2.75) is 32.2 Å². The first-order valence-corrected chi connectivity index (χ1v) is 7.59. The van der Waals surface area contributed by atoms with E-state index in [2.05, 4.69) is 15.9 Å². The van der Waals surface area contributed by atoms with Crippen LogP contribution in [0.2, 0.25) is 0 Å². The highest BCUT2D eigenvalue weighted by Crippen LogP contribution is 2.23. The third-order valence-electron chi connectivity index (χ3n) is 3.50. The van der Waals surface area contributed by atoms with Crippen molar-refractivity contribution in [3.05, 3.63) is 33.8 Å². The monoisotopic (exact) mass is 329 g/mol. The number of benzene rings is 1. The van der Waals surface area contributed by atoms with Gasteiger partial charge in [-0.2, -0.15) is 0 Å². The molecule has 1 fully saturated rings. The highest BCUT2D eigenvalue weighted by molar-refractivity contribution is 9.10. The predicted octanol–water partition coefficient (Wildman–Crippen LogP) is 3.99. The van der Waals surface area contributed by atoms with Crippen LogP contribution in [0.4, 0.5) is 0 Å². The van der Waals surface area contributed by atoms with Gasteiger partial charge in [0.05, 0.1) is 0 Å². The zero-order valence-corrected chi connectivity index (χ0v) is 12.8. The molecule has 1 heterocycles. The van der Waals surface area contributed by atoms with E-state index in [9.17, 15) is 4.79 Å². The summed E-state index contributed by atoms with van der Waals surface area (Å²) >= 11 is 9.40. The van der Waals surface area contributed by atoms with E-state index in [-0.39, 0.29) is 11.9 Å². The molecule has 98 valence electrons. The SMILES string of the molecule is Cc1ccc(Br)cc1C(=O)N1CCCCC1CCl. The third kappa shape index (κ3) is 2.89. The van der Waals surface area contributed by atoms with Crippen molar-refractivity contribution in [3.63, 3.8) is 0 Å². The fraction of sp³-hybridized carbons (Fsp3) is 0.500. The van der Waals surface area contributed by atoms with Gasteiger partial charge < -0.3 is 4.90 Å². The van der Waals surface area contributed by atoms with E-state index in [0.717, 1.165) is 35.0 Å². The molecular weight excluding hydrogens is 314 g/mol. The topological polar surface area (TPSA) is 20.3 Å². The number of halogens is 2. The van der Waals surface area contributed by atoms with Gasteiger partial charge >= 0.3 is 0 Å². The lowest BCUT2D eigenvalue weighted by Crippen LogP contribution is -2.44. The molecule has 0 bridgehead atoms. The number of hydrogen-bond acceptors (Lipinski definition) is 1. The maximum atomic E-state index is 12.6. The number of alkyl halides is 1. The Morgan fingerprint density at radius 3 is 3.00 bits per heavy atom. The minimum atomic E-state index is 0.110. The van der Waals surface area contributed by atoms with Crippen LogP contribution in [0.5, 0.6) is 0 Å². The largest absolute Gasteiger partial charge is 0.334 e. The molecule has 0 radical (unpaired) electrons. The summed E-state index contributed by atoms with van der Waals surface area (Å²) in [7, 11) is 0. The Labute approximate surface area is 121 Å². The van der Waals surface area contributed by atoms with E-state index >= 15 is 0 Å². The summed E-state index contributed by atoms with van der Waals surface area (Å²) < 4.78 is 0.941. The van der Waals surface area contributed by atoms with Gasteiger partial charge in [0.2, 0.25) is 0 Å². The fourth-order valence-electron chi connectivity index (χ4n) is 2.41. The van der Waals surface area contributed by atoms with Crippen molar-refractivity contribution < 1.29 is 4.79 Å². The first-order valence-electron chi connectivity index (χ1n) is 6.26. The molecule has 1 aliphatic heterocycles. The lowest BCUT2D eigenvalue weighted by molar-refractivity contribution is 0.0638. The van der Waals surface area contributed by atoms with Gasteiger partial charge in [0.25, 0.3) is 5.91 Å². The Morgan fingerprint density at radius 2 is 2.28 bits per heavy atom. The summed E-state index contributed by atoms with van der Waals surface area (Å²) in [6.07, 6.45) is 3.26. The minimum absolute atomic E-state index is 0.110. The second-order valence-corrected chi connectivity index (χ2v) is 5.99. The van der Waals surface area contributed by atoms with Gasteiger partial charge in [0.15, 0.2) is 0 Å². The normalized spacial score (nSPS) is 19.9. The van der Waals surface area contributed by atoms with Crippen molar-refractivity contribution in [1.82, 2.24) is 4.90 Å². The van der Waals surface area contributed by atoms with E-state index in [1.54, 1.807) is 0 Å². The summed E-state index contributed by atoms with van der Waals surface area (Å²) in [6.45, 7) is 2.79. The summed E-state index contributed by atoms with van der Waals surface area (Å²) in [4.78, 5) is 14.5. The molecule has 0 aliphatic carbocycles. The van der Waals surface area contributed by atoms with Crippen LogP contribution in [0, 0.1) is 6.92 Å². The predicted molar refractivity (Wildman–Crippen MR) is 78.3 cm³/mol. The first-order chi connectivity index (χ1) is 8.63. The molecule has 1 saturated heterocycles. The van der Waals surface area contributed by atoms with Crippen molar-refractivity contribution in [2.24, 2.45) is 0 Å². The van der Waals surface area contributed by atoms with Gasteiger partial charge in [-0.05, 0) is 43.9 Å².